The topological polar surface area (TPSA) is 29.3 Å². The molecule has 2 rings (SSSR count). The highest BCUT2D eigenvalue weighted by Gasteiger charge is 2.29. The maximum Gasteiger partial charge on any atom is 0.125 e. The molecule has 1 aromatic rings. The van der Waals surface area contributed by atoms with Crippen molar-refractivity contribution in [2.24, 2.45) is 11.7 Å². The molecule has 1 atom stereocenters. The van der Waals surface area contributed by atoms with Gasteiger partial charge in [0.15, 0.2) is 0 Å². The average Bonchev–Trinajstić information content (AvgIpc) is 2.78. The Morgan fingerprint density at radius 3 is 2.67 bits per heavy atom. The number of halogens is 1. The summed E-state index contributed by atoms with van der Waals surface area (Å²) in [5.41, 5.74) is 8.27. The molecule has 0 aromatic heterocycles. The van der Waals surface area contributed by atoms with Crippen LogP contribution in [0.1, 0.15) is 32.3 Å². The van der Waals surface area contributed by atoms with Gasteiger partial charge in [0.05, 0.1) is 0 Å². The average molecular weight is 250 g/mol. The van der Waals surface area contributed by atoms with Crippen molar-refractivity contribution in [1.82, 2.24) is 0 Å². The Labute approximate surface area is 109 Å². The van der Waals surface area contributed by atoms with Crippen molar-refractivity contribution in [1.29, 1.82) is 0 Å². The lowest BCUT2D eigenvalue weighted by molar-refractivity contribution is 0.382. The van der Waals surface area contributed by atoms with Crippen LogP contribution < -0.4 is 10.6 Å². The fraction of sp³-hybridized carbons (Fsp3) is 0.600. The van der Waals surface area contributed by atoms with Gasteiger partial charge in [0.1, 0.15) is 5.82 Å². The minimum atomic E-state index is -0.152. The SMILES string of the molecule is CCC(CC)C(CN)N1CCc2ccc(F)cc21. The largest absolute Gasteiger partial charge is 0.366 e. The highest BCUT2D eigenvalue weighted by atomic mass is 19.1. The van der Waals surface area contributed by atoms with Gasteiger partial charge in [0.25, 0.3) is 0 Å². The van der Waals surface area contributed by atoms with Gasteiger partial charge >= 0.3 is 0 Å². The van der Waals surface area contributed by atoms with Crippen molar-refractivity contribution in [3.8, 4) is 0 Å². The zero-order chi connectivity index (χ0) is 13.1. The molecule has 1 heterocycles. The van der Waals surface area contributed by atoms with E-state index < -0.39 is 0 Å². The molecule has 0 spiro atoms. The van der Waals surface area contributed by atoms with Crippen LogP contribution in [0.25, 0.3) is 0 Å². The Kier molecular flexibility index (Phi) is 4.23. The van der Waals surface area contributed by atoms with Gasteiger partial charge in [-0.05, 0) is 30.0 Å². The molecule has 3 heteroatoms. The summed E-state index contributed by atoms with van der Waals surface area (Å²) in [4.78, 5) is 2.32. The van der Waals surface area contributed by atoms with Crippen LogP contribution in [-0.2, 0) is 6.42 Å². The van der Waals surface area contributed by atoms with Crippen LogP contribution in [0.5, 0.6) is 0 Å². The van der Waals surface area contributed by atoms with Crippen LogP contribution in [0.2, 0.25) is 0 Å². The van der Waals surface area contributed by atoms with Gasteiger partial charge in [-0.15, -0.1) is 0 Å². The summed E-state index contributed by atoms with van der Waals surface area (Å²) >= 11 is 0. The van der Waals surface area contributed by atoms with Crippen LogP contribution in [0.15, 0.2) is 18.2 Å². The van der Waals surface area contributed by atoms with Gasteiger partial charge in [-0.3, -0.25) is 0 Å². The molecular formula is C15H23FN2. The van der Waals surface area contributed by atoms with Crippen molar-refractivity contribution >= 4 is 5.69 Å². The van der Waals surface area contributed by atoms with E-state index in [-0.39, 0.29) is 5.82 Å². The Morgan fingerprint density at radius 1 is 1.33 bits per heavy atom. The molecule has 0 bridgehead atoms. The fourth-order valence-corrected chi connectivity index (χ4v) is 3.13. The molecular weight excluding hydrogens is 227 g/mol. The molecule has 1 aliphatic heterocycles. The van der Waals surface area contributed by atoms with Gasteiger partial charge in [-0.2, -0.15) is 0 Å². The molecule has 0 radical (unpaired) electrons. The zero-order valence-electron chi connectivity index (χ0n) is 11.3. The maximum absolute atomic E-state index is 13.4. The molecule has 1 unspecified atom stereocenters. The smallest absolute Gasteiger partial charge is 0.125 e. The van der Waals surface area contributed by atoms with Gasteiger partial charge in [0.2, 0.25) is 0 Å². The Bertz CT molecular complexity index is 401. The molecule has 18 heavy (non-hydrogen) atoms. The number of nitrogens with two attached hydrogens (primary N) is 1. The molecule has 2 N–H and O–H groups in total. The summed E-state index contributed by atoms with van der Waals surface area (Å²) in [5.74, 6) is 0.435. The number of fused-ring (bicyclic) bond motifs is 1. The van der Waals surface area contributed by atoms with Crippen molar-refractivity contribution < 1.29 is 4.39 Å². The zero-order valence-corrected chi connectivity index (χ0v) is 11.3. The predicted octanol–water partition coefficient (Wildman–Crippen LogP) is 2.95. The normalized spacial score (nSPS) is 16.2. The molecule has 0 aliphatic carbocycles. The molecule has 100 valence electrons. The highest BCUT2D eigenvalue weighted by molar-refractivity contribution is 5.59. The first-order valence-corrected chi connectivity index (χ1v) is 6.96. The minimum Gasteiger partial charge on any atom is -0.366 e. The number of nitrogens with zero attached hydrogens (tertiary/aromatic N) is 1. The highest BCUT2D eigenvalue weighted by Crippen LogP contribution is 2.33. The third-order valence-corrected chi connectivity index (χ3v) is 4.21. The standard InChI is InChI=1S/C15H23FN2/c1-3-11(4-2)15(10-17)18-8-7-12-5-6-13(16)9-14(12)18/h5-6,9,11,15H,3-4,7-8,10,17H2,1-2H3. The van der Waals surface area contributed by atoms with E-state index in [2.05, 4.69) is 18.7 Å². The maximum atomic E-state index is 13.4. The quantitative estimate of drug-likeness (QED) is 0.870. The lowest BCUT2D eigenvalue weighted by Crippen LogP contribution is -2.44. The molecule has 0 saturated carbocycles. The van der Waals surface area contributed by atoms with Gasteiger partial charge in [-0.1, -0.05) is 32.8 Å². The van der Waals surface area contributed by atoms with E-state index in [1.54, 1.807) is 12.1 Å². The Hall–Kier alpha value is -1.09. The van der Waals surface area contributed by atoms with E-state index in [1.165, 1.54) is 5.56 Å². The van der Waals surface area contributed by atoms with E-state index in [1.807, 2.05) is 6.07 Å². The van der Waals surface area contributed by atoms with Crippen molar-refractivity contribution in [3.05, 3.63) is 29.6 Å². The van der Waals surface area contributed by atoms with Gasteiger partial charge < -0.3 is 10.6 Å². The summed E-state index contributed by atoms with van der Waals surface area (Å²) in [5, 5.41) is 0. The number of hydrogen-bond acceptors (Lipinski definition) is 2. The van der Waals surface area contributed by atoms with Crippen LogP contribution in [0.3, 0.4) is 0 Å². The lowest BCUT2D eigenvalue weighted by Gasteiger charge is -2.35. The third-order valence-electron chi connectivity index (χ3n) is 4.21. The molecule has 0 amide bonds. The van der Waals surface area contributed by atoms with E-state index in [9.17, 15) is 4.39 Å². The summed E-state index contributed by atoms with van der Waals surface area (Å²) in [6.07, 6.45) is 3.26. The van der Waals surface area contributed by atoms with Gasteiger partial charge in [0, 0.05) is 24.8 Å². The van der Waals surface area contributed by atoms with Crippen LogP contribution in [0, 0.1) is 11.7 Å². The number of anilines is 1. The van der Waals surface area contributed by atoms with Crippen molar-refractivity contribution in [2.75, 3.05) is 18.0 Å². The first kappa shape index (κ1) is 13.3. The Morgan fingerprint density at radius 2 is 2.06 bits per heavy atom. The number of benzene rings is 1. The fourth-order valence-electron chi connectivity index (χ4n) is 3.13. The minimum absolute atomic E-state index is 0.152. The first-order valence-electron chi connectivity index (χ1n) is 6.96. The summed E-state index contributed by atoms with van der Waals surface area (Å²) in [7, 11) is 0. The molecule has 0 saturated heterocycles. The third kappa shape index (κ3) is 2.37. The van der Waals surface area contributed by atoms with Crippen LogP contribution in [-0.4, -0.2) is 19.1 Å². The molecule has 1 aromatic carbocycles. The number of hydrogen-bond donors (Lipinski definition) is 1. The summed E-state index contributed by atoms with van der Waals surface area (Å²) < 4.78 is 13.4. The number of rotatable bonds is 5. The van der Waals surface area contributed by atoms with Crippen molar-refractivity contribution in [2.45, 2.75) is 39.2 Å². The first-order chi connectivity index (χ1) is 8.71. The second-order valence-corrected chi connectivity index (χ2v) is 5.10. The monoisotopic (exact) mass is 250 g/mol. The lowest BCUT2D eigenvalue weighted by atomic mass is 9.93. The van der Waals surface area contributed by atoms with E-state index >= 15 is 0 Å². The molecule has 2 nitrogen and oxygen atoms in total. The van der Waals surface area contributed by atoms with E-state index in [0.29, 0.717) is 18.5 Å². The second kappa shape index (κ2) is 5.70. The summed E-state index contributed by atoms with van der Waals surface area (Å²) in [6, 6.07) is 5.46. The van der Waals surface area contributed by atoms with Crippen molar-refractivity contribution in [3.63, 3.8) is 0 Å². The van der Waals surface area contributed by atoms with Crippen LogP contribution in [0.4, 0.5) is 10.1 Å². The van der Waals surface area contributed by atoms with E-state index in [4.69, 9.17) is 5.73 Å². The van der Waals surface area contributed by atoms with Gasteiger partial charge in [-0.25, -0.2) is 4.39 Å². The molecule has 1 aliphatic rings. The second-order valence-electron chi connectivity index (χ2n) is 5.10. The predicted molar refractivity (Wildman–Crippen MR) is 74.4 cm³/mol. The summed E-state index contributed by atoms with van der Waals surface area (Å²) in [6.45, 7) is 6.03. The molecule has 0 fully saturated rings. The Balaban J connectivity index is 2.27. The van der Waals surface area contributed by atoms with E-state index in [0.717, 1.165) is 31.5 Å². The van der Waals surface area contributed by atoms with Crippen LogP contribution >= 0.6 is 0 Å².